The van der Waals surface area contributed by atoms with Crippen molar-refractivity contribution in [1.82, 2.24) is 0 Å². The molecule has 0 aliphatic carbocycles. The normalized spacial score (nSPS) is 16.6. The number of aliphatic hydroxyl groups is 1. The number of rotatable bonds is 6. The fourth-order valence-corrected chi connectivity index (χ4v) is 1.46. The topological polar surface area (TPSA) is 83.8 Å². The highest BCUT2D eigenvalue weighted by Crippen LogP contribution is 2.26. The maximum absolute atomic E-state index is 11.5. The fourth-order valence-electron chi connectivity index (χ4n) is 1.46. The summed E-state index contributed by atoms with van der Waals surface area (Å²) >= 11 is 0. The van der Waals surface area contributed by atoms with Crippen LogP contribution in [-0.2, 0) is 14.3 Å². The second kappa shape index (κ2) is 5.84. The van der Waals surface area contributed by atoms with E-state index in [1.54, 1.807) is 6.92 Å². The van der Waals surface area contributed by atoms with Crippen LogP contribution in [0, 0.1) is 11.8 Å². The molecule has 94 valence electrons. The summed E-state index contributed by atoms with van der Waals surface area (Å²) in [5, 5.41) is 18.9. The van der Waals surface area contributed by atoms with E-state index in [4.69, 9.17) is 5.11 Å². The van der Waals surface area contributed by atoms with E-state index >= 15 is 0 Å². The van der Waals surface area contributed by atoms with Crippen molar-refractivity contribution in [2.24, 2.45) is 11.8 Å². The molecule has 2 N–H and O–H groups in total. The molecule has 0 aromatic carbocycles. The Morgan fingerprint density at radius 2 is 1.88 bits per heavy atom. The van der Waals surface area contributed by atoms with Gasteiger partial charge in [0.2, 0.25) is 0 Å². The molecule has 0 aromatic rings. The van der Waals surface area contributed by atoms with Crippen molar-refractivity contribution in [2.75, 3.05) is 6.61 Å². The van der Waals surface area contributed by atoms with Crippen LogP contribution in [-0.4, -0.2) is 34.4 Å². The van der Waals surface area contributed by atoms with Crippen LogP contribution in [0.3, 0.4) is 0 Å². The number of carbonyl (C=O) groups excluding carboxylic acids is 1. The summed E-state index contributed by atoms with van der Waals surface area (Å²) < 4.78 is 4.67. The zero-order chi connectivity index (χ0) is 12.9. The molecule has 0 saturated carbocycles. The molecule has 2 atom stereocenters. The summed E-state index contributed by atoms with van der Waals surface area (Å²) in [6.45, 7) is 6.57. The number of carbonyl (C=O) groups is 2. The number of aliphatic carboxylic acids is 1. The molecule has 0 aromatic heterocycles. The smallest absolute Gasteiger partial charge is 0.338 e. The van der Waals surface area contributed by atoms with Gasteiger partial charge in [0.25, 0.3) is 0 Å². The highest BCUT2D eigenvalue weighted by atomic mass is 16.5. The number of hydrogen-bond donors (Lipinski definition) is 2. The highest BCUT2D eigenvalue weighted by molar-refractivity contribution is 5.86. The first kappa shape index (κ1) is 14.9. The molecule has 0 bridgehead atoms. The van der Waals surface area contributed by atoms with Gasteiger partial charge in [0.15, 0.2) is 5.60 Å². The molecule has 5 heteroatoms. The second-order valence-electron chi connectivity index (χ2n) is 4.39. The van der Waals surface area contributed by atoms with Crippen LogP contribution >= 0.6 is 0 Å². The number of esters is 1. The van der Waals surface area contributed by atoms with E-state index in [0.29, 0.717) is 0 Å². The summed E-state index contributed by atoms with van der Waals surface area (Å²) in [4.78, 5) is 22.5. The Morgan fingerprint density at radius 3 is 2.19 bits per heavy atom. The second-order valence-corrected chi connectivity index (χ2v) is 4.39. The number of carboxylic acid groups (broad SMARTS) is 1. The molecule has 0 rings (SSSR count). The minimum atomic E-state index is -1.98. The molecule has 0 radical (unpaired) electrons. The molecule has 5 nitrogen and oxygen atoms in total. The zero-order valence-electron chi connectivity index (χ0n) is 10.2. The van der Waals surface area contributed by atoms with Crippen molar-refractivity contribution in [3.05, 3.63) is 0 Å². The minimum absolute atomic E-state index is 0.0713. The van der Waals surface area contributed by atoms with Gasteiger partial charge >= 0.3 is 11.9 Å². The Morgan fingerprint density at radius 1 is 1.38 bits per heavy atom. The van der Waals surface area contributed by atoms with Gasteiger partial charge in [0.05, 0.1) is 12.5 Å². The number of hydrogen-bond acceptors (Lipinski definition) is 4. The van der Waals surface area contributed by atoms with Crippen molar-refractivity contribution in [1.29, 1.82) is 0 Å². The fraction of sp³-hybridized carbons (Fsp3) is 0.818. The van der Waals surface area contributed by atoms with Gasteiger partial charge in [-0.3, -0.25) is 4.79 Å². The van der Waals surface area contributed by atoms with E-state index in [1.165, 1.54) is 6.92 Å². The van der Waals surface area contributed by atoms with Crippen LogP contribution in [0.1, 0.15) is 34.1 Å². The lowest BCUT2D eigenvalue weighted by molar-refractivity contribution is -0.177. The van der Waals surface area contributed by atoms with Crippen LogP contribution in [0.2, 0.25) is 0 Å². The SMILES string of the molecule is CCOC(=O)[C@@](C)(O)[C@H](CC(C)C)C(=O)O. The van der Waals surface area contributed by atoms with Crippen LogP contribution in [0.5, 0.6) is 0 Å². The van der Waals surface area contributed by atoms with E-state index in [0.717, 1.165) is 0 Å². The van der Waals surface area contributed by atoms with Gasteiger partial charge < -0.3 is 14.9 Å². The Kier molecular flexibility index (Phi) is 5.44. The van der Waals surface area contributed by atoms with E-state index in [-0.39, 0.29) is 18.9 Å². The third kappa shape index (κ3) is 3.81. The Labute approximate surface area is 95.4 Å². The third-order valence-electron chi connectivity index (χ3n) is 2.37. The minimum Gasteiger partial charge on any atom is -0.481 e. The first-order valence-electron chi connectivity index (χ1n) is 5.35. The van der Waals surface area contributed by atoms with Gasteiger partial charge in [-0.05, 0) is 26.2 Å². The molecule has 0 saturated heterocycles. The Balaban J connectivity index is 4.88. The molecular formula is C11H20O5. The molecule has 0 aliphatic heterocycles. The summed E-state index contributed by atoms with van der Waals surface area (Å²) in [5.41, 5.74) is -1.98. The monoisotopic (exact) mass is 232 g/mol. The lowest BCUT2D eigenvalue weighted by atomic mass is 9.83. The molecule has 16 heavy (non-hydrogen) atoms. The van der Waals surface area contributed by atoms with Crippen molar-refractivity contribution < 1.29 is 24.5 Å². The molecule has 0 heterocycles. The zero-order valence-corrected chi connectivity index (χ0v) is 10.2. The standard InChI is InChI=1S/C11H20O5/c1-5-16-10(14)11(4,15)8(9(12)13)6-7(2)3/h7-8,15H,5-6H2,1-4H3,(H,12,13)/t8-,11+/m1/s1. The van der Waals surface area contributed by atoms with Crippen molar-refractivity contribution >= 4 is 11.9 Å². The Bertz CT molecular complexity index is 257. The number of ether oxygens (including phenoxy) is 1. The lowest BCUT2D eigenvalue weighted by Crippen LogP contribution is -2.48. The average Bonchev–Trinajstić information content (AvgIpc) is 2.13. The first-order valence-corrected chi connectivity index (χ1v) is 5.35. The van der Waals surface area contributed by atoms with E-state index in [1.807, 2.05) is 13.8 Å². The van der Waals surface area contributed by atoms with Gasteiger partial charge in [-0.25, -0.2) is 4.79 Å². The maximum Gasteiger partial charge on any atom is 0.338 e. The van der Waals surface area contributed by atoms with E-state index in [9.17, 15) is 14.7 Å². The summed E-state index contributed by atoms with van der Waals surface area (Å²) in [6, 6.07) is 0. The third-order valence-corrected chi connectivity index (χ3v) is 2.37. The molecule has 0 amide bonds. The van der Waals surface area contributed by atoms with Crippen molar-refractivity contribution in [3.63, 3.8) is 0 Å². The average molecular weight is 232 g/mol. The molecule has 0 spiro atoms. The summed E-state index contributed by atoms with van der Waals surface area (Å²) in [5.74, 6) is -3.15. The first-order chi connectivity index (χ1) is 7.23. The van der Waals surface area contributed by atoms with Gasteiger partial charge in [0.1, 0.15) is 0 Å². The van der Waals surface area contributed by atoms with Crippen LogP contribution in [0.4, 0.5) is 0 Å². The summed E-state index contributed by atoms with van der Waals surface area (Å²) in [7, 11) is 0. The Hall–Kier alpha value is -1.10. The van der Waals surface area contributed by atoms with Crippen LogP contribution in [0.15, 0.2) is 0 Å². The van der Waals surface area contributed by atoms with Crippen molar-refractivity contribution in [2.45, 2.75) is 39.7 Å². The van der Waals surface area contributed by atoms with Gasteiger partial charge in [-0.2, -0.15) is 0 Å². The van der Waals surface area contributed by atoms with Gasteiger partial charge in [-0.1, -0.05) is 13.8 Å². The van der Waals surface area contributed by atoms with Gasteiger partial charge in [-0.15, -0.1) is 0 Å². The number of carboxylic acids is 1. The van der Waals surface area contributed by atoms with Crippen LogP contribution in [0.25, 0.3) is 0 Å². The molecule has 0 fully saturated rings. The molecule has 0 unspecified atom stereocenters. The predicted molar refractivity (Wildman–Crippen MR) is 57.8 cm³/mol. The maximum atomic E-state index is 11.5. The molecule has 0 aliphatic rings. The lowest BCUT2D eigenvalue weighted by Gasteiger charge is -2.28. The van der Waals surface area contributed by atoms with E-state index in [2.05, 4.69) is 4.74 Å². The highest BCUT2D eigenvalue weighted by Gasteiger charge is 2.45. The molecular weight excluding hydrogens is 212 g/mol. The quantitative estimate of drug-likeness (QED) is 0.669. The van der Waals surface area contributed by atoms with Gasteiger partial charge in [0, 0.05) is 0 Å². The van der Waals surface area contributed by atoms with E-state index < -0.39 is 23.5 Å². The summed E-state index contributed by atoms with van der Waals surface area (Å²) in [6.07, 6.45) is 0.223. The predicted octanol–water partition coefficient (Wildman–Crippen LogP) is 1.05. The van der Waals surface area contributed by atoms with Crippen LogP contribution < -0.4 is 0 Å². The largest absolute Gasteiger partial charge is 0.481 e. The van der Waals surface area contributed by atoms with Crippen molar-refractivity contribution in [3.8, 4) is 0 Å².